The topological polar surface area (TPSA) is 60.2 Å². The van der Waals surface area contributed by atoms with Crippen molar-refractivity contribution in [3.63, 3.8) is 0 Å². The number of aromatic nitrogens is 1. The van der Waals surface area contributed by atoms with Gasteiger partial charge in [0.2, 0.25) is 0 Å². The van der Waals surface area contributed by atoms with Crippen LogP contribution in [0.2, 0.25) is 0 Å². The number of nitrogens with zero attached hydrogens (tertiary/aromatic N) is 1. The third-order valence-electron chi connectivity index (χ3n) is 2.46. The van der Waals surface area contributed by atoms with E-state index in [1.54, 1.807) is 6.20 Å². The van der Waals surface area contributed by atoms with Gasteiger partial charge in [0.25, 0.3) is 0 Å². The number of morpholine rings is 1. The van der Waals surface area contributed by atoms with Crippen LogP contribution in [0.1, 0.15) is 18.7 Å². The van der Waals surface area contributed by atoms with Crippen molar-refractivity contribution in [3.8, 4) is 0 Å². The first-order valence-electron chi connectivity index (χ1n) is 4.84. The van der Waals surface area contributed by atoms with Gasteiger partial charge in [0, 0.05) is 18.8 Å². The van der Waals surface area contributed by atoms with Crippen LogP contribution >= 0.6 is 0 Å². The lowest BCUT2D eigenvalue weighted by Crippen LogP contribution is -2.41. The molecule has 3 N–H and O–H groups in total. The van der Waals surface area contributed by atoms with Gasteiger partial charge in [0.1, 0.15) is 6.10 Å². The van der Waals surface area contributed by atoms with Gasteiger partial charge < -0.3 is 15.8 Å². The summed E-state index contributed by atoms with van der Waals surface area (Å²) >= 11 is 0. The summed E-state index contributed by atoms with van der Waals surface area (Å²) in [4.78, 5) is 4.26. The normalized spacial score (nSPS) is 27.5. The van der Waals surface area contributed by atoms with Crippen molar-refractivity contribution >= 4 is 5.69 Å². The highest BCUT2D eigenvalue weighted by Crippen LogP contribution is 2.25. The third kappa shape index (κ3) is 1.71. The number of anilines is 1. The lowest BCUT2D eigenvalue weighted by atomic mass is 10.1. The van der Waals surface area contributed by atoms with Gasteiger partial charge >= 0.3 is 0 Å². The first-order chi connectivity index (χ1) is 6.79. The van der Waals surface area contributed by atoms with Crippen LogP contribution in [0.5, 0.6) is 0 Å². The quantitative estimate of drug-likeness (QED) is 0.689. The van der Waals surface area contributed by atoms with E-state index in [1.807, 2.05) is 12.1 Å². The fourth-order valence-corrected chi connectivity index (χ4v) is 1.71. The molecule has 1 aliphatic rings. The van der Waals surface area contributed by atoms with Crippen molar-refractivity contribution in [1.82, 2.24) is 10.3 Å². The molecule has 1 aliphatic heterocycles. The summed E-state index contributed by atoms with van der Waals surface area (Å²) in [6.45, 7) is 3.69. The Morgan fingerprint density at radius 3 is 3.21 bits per heavy atom. The molecule has 2 unspecified atom stereocenters. The van der Waals surface area contributed by atoms with E-state index in [1.165, 1.54) is 0 Å². The molecule has 76 valence electrons. The van der Waals surface area contributed by atoms with Crippen LogP contribution in [0.25, 0.3) is 0 Å². The zero-order chi connectivity index (χ0) is 9.97. The number of rotatable bonds is 1. The van der Waals surface area contributed by atoms with Crippen LogP contribution in [-0.2, 0) is 4.74 Å². The summed E-state index contributed by atoms with van der Waals surface area (Å²) in [5, 5.41) is 3.34. The molecule has 2 rings (SSSR count). The molecule has 1 aromatic heterocycles. The summed E-state index contributed by atoms with van der Waals surface area (Å²) in [5.41, 5.74) is 7.39. The van der Waals surface area contributed by atoms with E-state index < -0.39 is 0 Å². The van der Waals surface area contributed by atoms with Crippen LogP contribution in [-0.4, -0.2) is 24.2 Å². The number of pyridine rings is 1. The molecular weight excluding hydrogens is 178 g/mol. The van der Waals surface area contributed by atoms with Gasteiger partial charge in [-0.25, -0.2) is 0 Å². The first-order valence-corrected chi connectivity index (χ1v) is 4.84. The molecule has 0 bridgehead atoms. The van der Waals surface area contributed by atoms with Gasteiger partial charge in [0.05, 0.1) is 18.0 Å². The maximum atomic E-state index is 5.84. The summed E-state index contributed by atoms with van der Waals surface area (Å²) in [6, 6.07) is 3.95. The van der Waals surface area contributed by atoms with E-state index in [0.29, 0.717) is 12.3 Å². The minimum Gasteiger partial charge on any atom is -0.397 e. The summed E-state index contributed by atoms with van der Waals surface area (Å²) in [5.74, 6) is 0. The zero-order valence-corrected chi connectivity index (χ0v) is 8.23. The first kappa shape index (κ1) is 9.43. The number of ether oxygens (including phenoxy) is 1. The second-order valence-corrected chi connectivity index (χ2v) is 3.51. The predicted molar refractivity (Wildman–Crippen MR) is 54.8 cm³/mol. The lowest BCUT2D eigenvalue weighted by Gasteiger charge is -2.30. The van der Waals surface area contributed by atoms with Crippen molar-refractivity contribution in [3.05, 3.63) is 24.0 Å². The second kappa shape index (κ2) is 3.94. The standard InChI is InChI=1S/C10H15N3O/c1-7-10(14-6-5-12-7)9-8(11)3-2-4-13-9/h2-4,7,10,12H,5-6,11H2,1H3. The minimum absolute atomic E-state index is 0.0232. The van der Waals surface area contributed by atoms with Crippen molar-refractivity contribution in [1.29, 1.82) is 0 Å². The Balaban J connectivity index is 2.25. The highest BCUT2D eigenvalue weighted by Gasteiger charge is 2.25. The second-order valence-electron chi connectivity index (χ2n) is 3.51. The monoisotopic (exact) mass is 193 g/mol. The Bertz CT molecular complexity index is 316. The number of hydrogen-bond donors (Lipinski definition) is 2. The van der Waals surface area contributed by atoms with E-state index in [-0.39, 0.29) is 12.1 Å². The Kier molecular flexibility index (Phi) is 2.65. The predicted octanol–water partition coefficient (Wildman–Crippen LogP) is 0.713. The lowest BCUT2D eigenvalue weighted by molar-refractivity contribution is -0.00231. The minimum atomic E-state index is -0.0232. The van der Waals surface area contributed by atoms with E-state index in [0.717, 1.165) is 12.2 Å². The Morgan fingerprint density at radius 2 is 2.50 bits per heavy atom. The molecule has 0 radical (unpaired) electrons. The number of nitrogens with two attached hydrogens (primary N) is 1. The Labute approximate surface area is 83.5 Å². The molecule has 2 atom stereocenters. The van der Waals surface area contributed by atoms with Crippen LogP contribution in [0, 0.1) is 0 Å². The molecule has 0 aromatic carbocycles. The Morgan fingerprint density at radius 1 is 1.64 bits per heavy atom. The van der Waals surface area contributed by atoms with E-state index in [2.05, 4.69) is 17.2 Å². The van der Waals surface area contributed by atoms with E-state index in [9.17, 15) is 0 Å². The number of nitrogen functional groups attached to an aromatic ring is 1. The third-order valence-corrected chi connectivity index (χ3v) is 2.46. The molecule has 1 fully saturated rings. The molecular formula is C10H15N3O. The molecule has 4 heteroatoms. The van der Waals surface area contributed by atoms with Crippen LogP contribution in [0.15, 0.2) is 18.3 Å². The average molecular weight is 193 g/mol. The fourth-order valence-electron chi connectivity index (χ4n) is 1.71. The molecule has 4 nitrogen and oxygen atoms in total. The van der Waals surface area contributed by atoms with Crippen molar-refractivity contribution in [2.45, 2.75) is 19.1 Å². The van der Waals surface area contributed by atoms with Gasteiger partial charge in [-0.1, -0.05) is 0 Å². The van der Waals surface area contributed by atoms with E-state index in [4.69, 9.17) is 10.5 Å². The fraction of sp³-hybridized carbons (Fsp3) is 0.500. The number of nitrogens with one attached hydrogen (secondary N) is 1. The van der Waals surface area contributed by atoms with Crippen molar-refractivity contribution < 1.29 is 4.74 Å². The number of hydrogen-bond acceptors (Lipinski definition) is 4. The van der Waals surface area contributed by atoms with Gasteiger partial charge in [-0.15, -0.1) is 0 Å². The molecule has 0 aliphatic carbocycles. The van der Waals surface area contributed by atoms with Gasteiger partial charge in [0.15, 0.2) is 0 Å². The summed E-state index contributed by atoms with van der Waals surface area (Å²) in [6.07, 6.45) is 1.72. The molecule has 1 saturated heterocycles. The maximum Gasteiger partial charge on any atom is 0.116 e. The highest BCUT2D eigenvalue weighted by atomic mass is 16.5. The van der Waals surface area contributed by atoms with Crippen molar-refractivity contribution in [2.75, 3.05) is 18.9 Å². The molecule has 0 saturated carbocycles. The van der Waals surface area contributed by atoms with Gasteiger partial charge in [-0.3, -0.25) is 4.98 Å². The van der Waals surface area contributed by atoms with Crippen LogP contribution in [0.3, 0.4) is 0 Å². The van der Waals surface area contributed by atoms with Crippen LogP contribution in [0.4, 0.5) is 5.69 Å². The average Bonchev–Trinajstić information content (AvgIpc) is 2.20. The summed E-state index contributed by atoms with van der Waals surface area (Å²) < 4.78 is 5.65. The van der Waals surface area contributed by atoms with Gasteiger partial charge in [-0.05, 0) is 19.1 Å². The largest absolute Gasteiger partial charge is 0.397 e. The SMILES string of the molecule is CC1NCCOC1c1ncccc1N. The van der Waals surface area contributed by atoms with Crippen molar-refractivity contribution in [2.24, 2.45) is 0 Å². The highest BCUT2D eigenvalue weighted by molar-refractivity contribution is 5.43. The molecule has 14 heavy (non-hydrogen) atoms. The maximum absolute atomic E-state index is 5.84. The molecule has 0 spiro atoms. The van der Waals surface area contributed by atoms with Crippen LogP contribution < -0.4 is 11.1 Å². The van der Waals surface area contributed by atoms with Gasteiger partial charge in [-0.2, -0.15) is 0 Å². The molecule has 2 heterocycles. The molecule has 0 amide bonds. The van der Waals surface area contributed by atoms with E-state index >= 15 is 0 Å². The summed E-state index contributed by atoms with van der Waals surface area (Å²) in [7, 11) is 0. The smallest absolute Gasteiger partial charge is 0.116 e. The molecule has 1 aromatic rings. The zero-order valence-electron chi connectivity index (χ0n) is 8.23. The Hall–Kier alpha value is -1.13.